The van der Waals surface area contributed by atoms with E-state index in [9.17, 15) is 0 Å². The summed E-state index contributed by atoms with van der Waals surface area (Å²) in [6.07, 6.45) is 3.33. The van der Waals surface area contributed by atoms with Crippen LogP contribution in [-0.4, -0.2) is 19.6 Å². The van der Waals surface area contributed by atoms with Crippen LogP contribution in [0.2, 0.25) is 5.02 Å². The van der Waals surface area contributed by atoms with Crippen molar-refractivity contribution in [3.05, 3.63) is 28.8 Å². The Hall–Kier alpha value is -0.730. The van der Waals surface area contributed by atoms with Crippen molar-refractivity contribution in [3.63, 3.8) is 0 Å². The Labute approximate surface area is 110 Å². The lowest BCUT2D eigenvalue weighted by Crippen LogP contribution is -2.25. The molecule has 0 bridgehead atoms. The smallest absolute Gasteiger partial charge is 0.0410 e. The standard InChI is InChI=1S/C14H23ClN2/c1-3-5-10-17(4-2)14-7-6-13(15)11-12(14)8-9-16/h6-7,11H,3-5,8-10,16H2,1-2H3. The largest absolute Gasteiger partial charge is 0.372 e. The van der Waals surface area contributed by atoms with Crippen LogP contribution >= 0.6 is 11.6 Å². The van der Waals surface area contributed by atoms with Crippen molar-refractivity contribution in [1.29, 1.82) is 0 Å². The molecule has 17 heavy (non-hydrogen) atoms. The third-order valence-corrected chi connectivity index (χ3v) is 3.19. The van der Waals surface area contributed by atoms with Crippen LogP contribution in [0.25, 0.3) is 0 Å². The van der Waals surface area contributed by atoms with Crippen LogP contribution in [0.4, 0.5) is 5.69 Å². The minimum absolute atomic E-state index is 0.665. The number of halogens is 1. The maximum atomic E-state index is 6.05. The Kier molecular flexibility index (Phi) is 6.38. The average molecular weight is 255 g/mol. The van der Waals surface area contributed by atoms with E-state index in [2.05, 4.69) is 24.8 Å². The summed E-state index contributed by atoms with van der Waals surface area (Å²) in [5.74, 6) is 0. The Bertz CT molecular complexity index is 339. The molecule has 96 valence electrons. The first-order chi connectivity index (χ1) is 8.22. The first-order valence-electron chi connectivity index (χ1n) is 6.46. The normalized spacial score (nSPS) is 10.6. The fourth-order valence-corrected chi connectivity index (χ4v) is 2.21. The van der Waals surface area contributed by atoms with Crippen LogP contribution in [0.1, 0.15) is 32.3 Å². The summed E-state index contributed by atoms with van der Waals surface area (Å²) in [7, 11) is 0. The van der Waals surface area contributed by atoms with Crippen LogP contribution in [0, 0.1) is 0 Å². The van der Waals surface area contributed by atoms with Gasteiger partial charge in [-0.25, -0.2) is 0 Å². The number of rotatable bonds is 7. The number of unbranched alkanes of at least 4 members (excludes halogenated alkanes) is 1. The second-order valence-electron chi connectivity index (χ2n) is 4.24. The summed E-state index contributed by atoms with van der Waals surface area (Å²) in [6.45, 7) is 7.21. The van der Waals surface area contributed by atoms with Gasteiger partial charge in [-0.15, -0.1) is 0 Å². The Morgan fingerprint density at radius 2 is 2.06 bits per heavy atom. The van der Waals surface area contributed by atoms with Crippen molar-refractivity contribution in [2.75, 3.05) is 24.5 Å². The molecule has 0 amide bonds. The molecule has 0 aliphatic heterocycles. The molecule has 1 rings (SSSR count). The van der Waals surface area contributed by atoms with Gasteiger partial charge in [-0.3, -0.25) is 0 Å². The highest BCUT2D eigenvalue weighted by atomic mass is 35.5. The van der Waals surface area contributed by atoms with Crippen molar-refractivity contribution < 1.29 is 0 Å². The summed E-state index contributed by atoms with van der Waals surface area (Å²) >= 11 is 6.05. The van der Waals surface area contributed by atoms with E-state index in [-0.39, 0.29) is 0 Å². The summed E-state index contributed by atoms with van der Waals surface area (Å²) in [4.78, 5) is 2.41. The zero-order chi connectivity index (χ0) is 12.7. The zero-order valence-corrected chi connectivity index (χ0v) is 11.6. The van der Waals surface area contributed by atoms with E-state index in [0.29, 0.717) is 6.54 Å². The van der Waals surface area contributed by atoms with Crippen molar-refractivity contribution >= 4 is 17.3 Å². The summed E-state index contributed by atoms with van der Waals surface area (Å²) < 4.78 is 0. The number of nitrogens with two attached hydrogens (primary N) is 1. The van der Waals surface area contributed by atoms with Crippen LogP contribution in [0.5, 0.6) is 0 Å². The number of nitrogens with zero attached hydrogens (tertiary/aromatic N) is 1. The maximum absolute atomic E-state index is 6.05. The van der Waals surface area contributed by atoms with Crippen molar-refractivity contribution in [3.8, 4) is 0 Å². The fraction of sp³-hybridized carbons (Fsp3) is 0.571. The first-order valence-corrected chi connectivity index (χ1v) is 6.84. The van der Waals surface area contributed by atoms with Crippen molar-refractivity contribution in [1.82, 2.24) is 0 Å². The molecule has 0 heterocycles. The predicted octanol–water partition coefficient (Wildman–Crippen LogP) is 3.47. The van der Waals surface area contributed by atoms with Gasteiger partial charge in [0.1, 0.15) is 0 Å². The van der Waals surface area contributed by atoms with Gasteiger partial charge in [-0.05, 0) is 50.1 Å². The van der Waals surface area contributed by atoms with Crippen LogP contribution in [0.15, 0.2) is 18.2 Å². The lowest BCUT2D eigenvalue weighted by molar-refractivity contribution is 0.728. The molecule has 0 radical (unpaired) electrons. The van der Waals surface area contributed by atoms with Crippen molar-refractivity contribution in [2.45, 2.75) is 33.1 Å². The zero-order valence-electron chi connectivity index (χ0n) is 10.9. The third-order valence-electron chi connectivity index (χ3n) is 2.96. The highest BCUT2D eigenvalue weighted by Gasteiger charge is 2.09. The van der Waals surface area contributed by atoms with Crippen LogP contribution in [-0.2, 0) is 6.42 Å². The maximum Gasteiger partial charge on any atom is 0.0410 e. The quantitative estimate of drug-likeness (QED) is 0.807. The van der Waals surface area contributed by atoms with Gasteiger partial charge in [-0.1, -0.05) is 24.9 Å². The lowest BCUT2D eigenvalue weighted by atomic mass is 10.1. The van der Waals surface area contributed by atoms with E-state index in [4.69, 9.17) is 17.3 Å². The predicted molar refractivity (Wildman–Crippen MR) is 77.0 cm³/mol. The average Bonchev–Trinajstić information content (AvgIpc) is 2.32. The topological polar surface area (TPSA) is 29.3 Å². The number of anilines is 1. The highest BCUT2D eigenvalue weighted by Crippen LogP contribution is 2.25. The molecule has 3 heteroatoms. The molecule has 0 atom stereocenters. The van der Waals surface area contributed by atoms with Gasteiger partial charge in [0.15, 0.2) is 0 Å². The molecular formula is C14H23ClN2. The van der Waals surface area contributed by atoms with E-state index in [0.717, 1.165) is 24.5 Å². The third kappa shape index (κ3) is 4.21. The van der Waals surface area contributed by atoms with E-state index >= 15 is 0 Å². The highest BCUT2D eigenvalue weighted by molar-refractivity contribution is 6.30. The molecule has 0 saturated heterocycles. The molecule has 0 saturated carbocycles. The van der Waals surface area contributed by atoms with Gasteiger partial charge in [0, 0.05) is 23.8 Å². The molecule has 1 aromatic carbocycles. The Morgan fingerprint density at radius 1 is 1.29 bits per heavy atom. The van der Waals surface area contributed by atoms with Crippen LogP contribution < -0.4 is 10.6 Å². The molecule has 0 spiro atoms. The van der Waals surface area contributed by atoms with E-state index in [1.807, 2.05) is 12.1 Å². The van der Waals surface area contributed by atoms with Gasteiger partial charge in [-0.2, -0.15) is 0 Å². The molecule has 0 aliphatic carbocycles. The molecule has 0 unspecified atom stereocenters. The van der Waals surface area contributed by atoms with Crippen molar-refractivity contribution in [2.24, 2.45) is 5.73 Å². The molecular weight excluding hydrogens is 232 g/mol. The van der Waals surface area contributed by atoms with E-state index in [1.165, 1.54) is 24.1 Å². The van der Waals surface area contributed by atoms with E-state index < -0.39 is 0 Å². The summed E-state index contributed by atoms with van der Waals surface area (Å²) in [5, 5.41) is 0.795. The van der Waals surface area contributed by atoms with Gasteiger partial charge in [0.25, 0.3) is 0 Å². The van der Waals surface area contributed by atoms with Gasteiger partial charge in [0.2, 0.25) is 0 Å². The van der Waals surface area contributed by atoms with Gasteiger partial charge >= 0.3 is 0 Å². The molecule has 2 nitrogen and oxygen atoms in total. The van der Waals surface area contributed by atoms with Gasteiger partial charge in [0.05, 0.1) is 0 Å². The first kappa shape index (κ1) is 14.3. The summed E-state index contributed by atoms with van der Waals surface area (Å²) in [5.41, 5.74) is 8.21. The molecule has 0 aliphatic rings. The number of hydrogen-bond donors (Lipinski definition) is 1. The molecule has 2 N–H and O–H groups in total. The minimum Gasteiger partial charge on any atom is -0.372 e. The second kappa shape index (κ2) is 7.57. The lowest BCUT2D eigenvalue weighted by Gasteiger charge is -2.25. The monoisotopic (exact) mass is 254 g/mol. The molecule has 1 aromatic rings. The summed E-state index contributed by atoms with van der Waals surface area (Å²) in [6, 6.07) is 6.12. The van der Waals surface area contributed by atoms with Crippen LogP contribution in [0.3, 0.4) is 0 Å². The second-order valence-corrected chi connectivity index (χ2v) is 4.68. The molecule has 0 fully saturated rings. The SMILES string of the molecule is CCCCN(CC)c1ccc(Cl)cc1CCN. The Morgan fingerprint density at radius 3 is 2.65 bits per heavy atom. The van der Waals surface area contributed by atoms with E-state index in [1.54, 1.807) is 0 Å². The van der Waals surface area contributed by atoms with Gasteiger partial charge < -0.3 is 10.6 Å². The Balaban J connectivity index is 2.91. The molecule has 0 aromatic heterocycles. The minimum atomic E-state index is 0.665. The fourth-order valence-electron chi connectivity index (χ4n) is 2.02. The number of benzene rings is 1. The number of hydrogen-bond acceptors (Lipinski definition) is 2.